The highest BCUT2D eigenvalue weighted by Crippen LogP contribution is 2.33. The van der Waals surface area contributed by atoms with E-state index in [9.17, 15) is 0 Å². The molecule has 1 aromatic rings. The van der Waals surface area contributed by atoms with Gasteiger partial charge < -0.3 is 10.1 Å². The minimum atomic E-state index is 0.422. The first-order valence-electron chi connectivity index (χ1n) is 5.75. The molecule has 1 fully saturated rings. The van der Waals surface area contributed by atoms with E-state index in [1.165, 1.54) is 27.1 Å². The largest absolute Gasteiger partial charge is 0.378 e. The van der Waals surface area contributed by atoms with E-state index < -0.39 is 0 Å². The highest BCUT2D eigenvalue weighted by Gasteiger charge is 2.22. The summed E-state index contributed by atoms with van der Waals surface area (Å²) in [5.74, 6) is 0. The summed E-state index contributed by atoms with van der Waals surface area (Å²) in [6.45, 7) is 3.12. The molecule has 90 valence electrons. The van der Waals surface area contributed by atoms with Crippen molar-refractivity contribution in [1.29, 1.82) is 0 Å². The van der Waals surface area contributed by atoms with Crippen molar-refractivity contribution in [2.45, 2.75) is 38.3 Å². The number of ether oxygens (including phenoxy) is 1. The van der Waals surface area contributed by atoms with Crippen LogP contribution in [0.1, 0.15) is 35.7 Å². The van der Waals surface area contributed by atoms with Crippen LogP contribution in [0.4, 0.5) is 0 Å². The zero-order valence-corrected chi connectivity index (χ0v) is 12.2. The van der Waals surface area contributed by atoms with Gasteiger partial charge in [-0.3, -0.25) is 0 Å². The maximum absolute atomic E-state index is 5.71. The van der Waals surface area contributed by atoms with Gasteiger partial charge in [-0.25, -0.2) is 0 Å². The molecule has 0 aromatic carbocycles. The van der Waals surface area contributed by atoms with Gasteiger partial charge in [-0.2, -0.15) is 0 Å². The SMILES string of the molecule is CNC(CC1CCCO1)c1cc(Br)sc1C. The summed E-state index contributed by atoms with van der Waals surface area (Å²) >= 11 is 5.36. The molecule has 2 nitrogen and oxygen atoms in total. The fourth-order valence-electron chi connectivity index (χ4n) is 2.30. The van der Waals surface area contributed by atoms with Gasteiger partial charge in [-0.1, -0.05) is 0 Å². The van der Waals surface area contributed by atoms with Gasteiger partial charge in [0.15, 0.2) is 0 Å². The molecular formula is C12H18BrNOS. The topological polar surface area (TPSA) is 21.3 Å². The Labute approximate surface area is 110 Å². The van der Waals surface area contributed by atoms with E-state index in [-0.39, 0.29) is 0 Å². The molecule has 1 aliphatic heterocycles. The van der Waals surface area contributed by atoms with Crippen LogP contribution in [0.3, 0.4) is 0 Å². The second kappa shape index (κ2) is 5.63. The number of aryl methyl sites for hydroxylation is 1. The quantitative estimate of drug-likeness (QED) is 0.917. The molecule has 0 spiro atoms. The summed E-state index contributed by atoms with van der Waals surface area (Å²) in [4.78, 5) is 1.39. The lowest BCUT2D eigenvalue weighted by Crippen LogP contribution is -2.22. The van der Waals surface area contributed by atoms with Crippen LogP contribution in [0, 0.1) is 6.92 Å². The van der Waals surface area contributed by atoms with Gasteiger partial charge in [0.1, 0.15) is 0 Å². The van der Waals surface area contributed by atoms with Crippen LogP contribution in [0.5, 0.6) is 0 Å². The van der Waals surface area contributed by atoms with Gasteiger partial charge in [-0.15, -0.1) is 11.3 Å². The molecule has 0 bridgehead atoms. The molecule has 0 aliphatic carbocycles. The number of halogens is 1. The minimum absolute atomic E-state index is 0.422. The Morgan fingerprint density at radius 3 is 3.00 bits per heavy atom. The van der Waals surface area contributed by atoms with E-state index in [0.29, 0.717) is 12.1 Å². The van der Waals surface area contributed by atoms with Crippen LogP contribution in [0.2, 0.25) is 0 Å². The number of hydrogen-bond acceptors (Lipinski definition) is 3. The van der Waals surface area contributed by atoms with E-state index in [2.05, 4.69) is 34.2 Å². The second-order valence-electron chi connectivity index (χ2n) is 4.27. The monoisotopic (exact) mass is 303 g/mol. The zero-order chi connectivity index (χ0) is 11.5. The van der Waals surface area contributed by atoms with Crippen molar-refractivity contribution >= 4 is 27.3 Å². The Morgan fingerprint density at radius 1 is 1.69 bits per heavy atom. The first-order valence-corrected chi connectivity index (χ1v) is 7.36. The molecule has 2 unspecified atom stereocenters. The molecule has 0 radical (unpaired) electrons. The minimum Gasteiger partial charge on any atom is -0.378 e. The lowest BCUT2D eigenvalue weighted by molar-refractivity contribution is 0.0954. The van der Waals surface area contributed by atoms with Crippen LogP contribution >= 0.6 is 27.3 Å². The van der Waals surface area contributed by atoms with E-state index in [1.54, 1.807) is 11.3 Å². The summed E-state index contributed by atoms with van der Waals surface area (Å²) in [6, 6.07) is 2.65. The average Bonchev–Trinajstić information content (AvgIpc) is 2.85. The van der Waals surface area contributed by atoms with E-state index in [0.717, 1.165) is 13.0 Å². The maximum atomic E-state index is 5.71. The number of rotatable bonds is 4. The Kier molecular flexibility index (Phi) is 4.41. The molecule has 1 N–H and O–H groups in total. The number of thiophene rings is 1. The van der Waals surface area contributed by atoms with Crippen molar-refractivity contribution in [2.24, 2.45) is 0 Å². The molecule has 0 amide bonds. The van der Waals surface area contributed by atoms with Gasteiger partial charge in [-0.05, 0) is 60.8 Å². The molecule has 2 rings (SSSR count). The summed E-state index contributed by atoms with van der Waals surface area (Å²) in [7, 11) is 2.03. The molecule has 1 saturated heterocycles. The van der Waals surface area contributed by atoms with Gasteiger partial charge >= 0.3 is 0 Å². The third-order valence-electron chi connectivity index (χ3n) is 3.17. The summed E-state index contributed by atoms with van der Waals surface area (Å²) in [6.07, 6.45) is 3.95. The third kappa shape index (κ3) is 2.86. The van der Waals surface area contributed by atoms with Crippen LogP contribution in [-0.4, -0.2) is 19.8 Å². The Morgan fingerprint density at radius 2 is 2.50 bits per heavy atom. The Balaban J connectivity index is 2.06. The van der Waals surface area contributed by atoms with Gasteiger partial charge in [0, 0.05) is 17.5 Å². The van der Waals surface area contributed by atoms with Crippen LogP contribution < -0.4 is 5.32 Å². The number of hydrogen-bond donors (Lipinski definition) is 1. The smallest absolute Gasteiger partial charge is 0.0704 e. The highest BCUT2D eigenvalue weighted by atomic mass is 79.9. The van der Waals surface area contributed by atoms with Gasteiger partial charge in [0.2, 0.25) is 0 Å². The highest BCUT2D eigenvalue weighted by molar-refractivity contribution is 9.11. The Hall–Kier alpha value is 0.1000. The van der Waals surface area contributed by atoms with E-state index in [4.69, 9.17) is 4.74 Å². The summed E-state index contributed by atoms with van der Waals surface area (Å²) in [5.41, 5.74) is 1.41. The molecule has 16 heavy (non-hydrogen) atoms. The summed E-state index contributed by atoms with van der Waals surface area (Å²) < 4.78 is 6.92. The predicted molar refractivity (Wildman–Crippen MR) is 72.1 cm³/mol. The van der Waals surface area contributed by atoms with Crippen LogP contribution in [0.25, 0.3) is 0 Å². The summed E-state index contributed by atoms with van der Waals surface area (Å²) in [5, 5.41) is 3.41. The second-order valence-corrected chi connectivity index (χ2v) is 6.91. The molecule has 4 heteroatoms. The first kappa shape index (κ1) is 12.6. The van der Waals surface area contributed by atoms with Crippen molar-refractivity contribution in [3.8, 4) is 0 Å². The molecule has 0 saturated carbocycles. The molecule has 1 aromatic heterocycles. The average molecular weight is 304 g/mol. The van der Waals surface area contributed by atoms with Gasteiger partial charge in [0.25, 0.3) is 0 Å². The van der Waals surface area contributed by atoms with Crippen molar-refractivity contribution in [1.82, 2.24) is 5.32 Å². The lowest BCUT2D eigenvalue weighted by Gasteiger charge is -2.19. The fraction of sp³-hybridized carbons (Fsp3) is 0.667. The van der Waals surface area contributed by atoms with Crippen LogP contribution in [0.15, 0.2) is 9.85 Å². The van der Waals surface area contributed by atoms with Gasteiger partial charge in [0.05, 0.1) is 9.89 Å². The molecular weight excluding hydrogens is 286 g/mol. The van der Waals surface area contributed by atoms with Crippen molar-refractivity contribution in [3.63, 3.8) is 0 Å². The maximum Gasteiger partial charge on any atom is 0.0704 e. The third-order valence-corrected chi connectivity index (χ3v) is 4.74. The predicted octanol–water partition coefficient (Wildman–Crippen LogP) is 3.65. The van der Waals surface area contributed by atoms with Crippen molar-refractivity contribution in [3.05, 3.63) is 20.3 Å². The number of nitrogens with one attached hydrogen (secondary N) is 1. The van der Waals surface area contributed by atoms with Crippen LogP contribution in [-0.2, 0) is 4.74 Å². The molecule has 1 aliphatic rings. The molecule has 2 atom stereocenters. The Bertz CT molecular complexity index is 347. The van der Waals surface area contributed by atoms with E-state index in [1.807, 2.05) is 7.05 Å². The van der Waals surface area contributed by atoms with Crippen molar-refractivity contribution < 1.29 is 4.74 Å². The zero-order valence-electron chi connectivity index (χ0n) is 9.75. The normalized spacial score (nSPS) is 22.6. The first-order chi connectivity index (χ1) is 7.70. The van der Waals surface area contributed by atoms with Crippen molar-refractivity contribution in [2.75, 3.05) is 13.7 Å². The van der Waals surface area contributed by atoms with E-state index >= 15 is 0 Å². The molecule has 2 heterocycles. The fourth-order valence-corrected chi connectivity index (χ4v) is 4.07. The lowest BCUT2D eigenvalue weighted by atomic mass is 10.0. The standard InChI is InChI=1S/C12H18BrNOS/c1-8-10(7-12(13)16-8)11(14-2)6-9-4-3-5-15-9/h7,9,11,14H,3-6H2,1-2H3.